The molecule has 0 bridgehead atoms. The van der Waals surface area contributed by atoms with E-state index in [0.29, 0.717) is 24.7 Å². The Morgan fingerprint density at radius 3 is 2.71 bits per heavy atom. The molecule has 0 aliphatic rings. The number of ether oxygens (including phenoxy) is 2. The Hall–Kier alpha value is -2.27. The van der Waals surface area contributed by atoms with Crippen LogP contribution in [0.1, 0.15) is 18.6 Å². The highest BCUT2D eigenvalue weighted by molar-refractivity contribution is 5.43. The Balaban J connectivity index is 2.03. The molecule has 0 aliphatic heterocycles. The first kappa shape index (κ1) is 15.1. The normalized spacial score (nSPS) is 12.0. The molecule has 2 aromatic rings. The Morgan fingerprint density at radius 2 is 2.05 bits per heavy atom. The zero-order valence-corrected chi connectivity index (χ0v) is 12.2. The van der Waals surface area contributed by atoms with E-state index in [1.54, 1.807) is 55.1 Å². The van der Waals surface area contributed by atoms with Gasteiger partial charge >= 0.3 is 0 Å². The highest BCUT2D eigenvalue weighted by Gasteiger charge is 2.08. The van der Waals surface area contributed by atoms with Crippen molar-refractivity contribution < 1.29 is 14.6 Å². The molecule has 1 N–H and O–H groups in total. The van der Waals surface area contributed by atoms with Crippen molar-refractivity contribution in [1.82, 2.24) is 4.57 Å². The topological polar surface area (TPSA) is 60.7 Å². The van der Waals surface area contributed by atoms with Crippen molar-refractivity contribution in [2.45, 2.75) is 19.6 Å². The van der Waals surface area contributed by atoms with Crippen LogP contribution >= 0.6 is 0 Å². The van der Waals surface area contributed by atoms with Crippen LogP contribution in [0.15, 0.2) is 47.4 Å². The molecule has 21 heavy (non-hydrogen) atoms. The fourth-order valence-corrected chi connectivity index (χ4v) is 1.96. The van der Waals surface area contributed by atoms with E-state index in [1.165, 1.54) is 6.07 Å². The van der Waals surface area contributed by atoms with Crippen LogP contribution in [0.2, 0.25) is 0 Å². The molecule has 1 unspecified atom stereocenters. The number of rotatable bonds is 6. The lowest BCUT2D eigenvalue weighted by atomic mass is 10.1. The molecule has 0 saturated heterocycles. The van der Waals surface area contributed by atoms with Gasteiger partial charge in [-0.3, -0.25) is 4.79 Å². The molecule has 5 nitrogen and oxygen atoms in total. The monoisotopic (exact) mass is 289 g/mol. The van der Waals surface area contributed by atoms with Crippen LogP contribution in [0.4, 0.5) is 0 Å². The van der Waals surface area contributed by atoms with Gasteiger partial charge in [0, 0.05) is 12.3 Å². The molecule has 0 fully saturated rings. The van der Waals surface area contributed by atoms with Gasteiger partial charge in [-0.1, -0.05) is 12.1 Å². The average Bonchev–Trinajstić information content (AvgIpc) is 2.49. The van der Waals surface area contributed by atoms with E-state index in [0.717, 1.165) is 5.56 Å². The van der Waals surface area contributed by atoms with Gasteiger partial charge in [0.25, 0.3) is 5.56 Å². The first-order valence-electron chi connectivity index (χ1n) is 6.76. The Bertz CT molecular complexity index is 649. The Labute approximate surface area is 123 Å². The third kappa shape index (κ3) is 3.86. The van der Waals surface area contributed by atoms with E-state index in [9.17, 15) is 9.90 Å². The Kier molecular flexibility index (Phi) is 5.00. The maximum absolute atomic E-state index is 11.6. The van der Waals surface area contributed by atoms with Crippen LogP contribution in [-0.2, 0) is 6.54 Å². The predicted molar refractivity (Wildman–Crippen MR) is 79.8 cm³/mol. The number of benzene rings is 1. The predicted octanol–water partition coefficient (Wildman–Crippen LogP) is 1.99. The van der Waals surface area contributed by atoms with Crippen molar-refractivity contribution in [3.8, 4) is 11.5 Å². The first-order valence-corrected chi connectivity index (χ1v) is 6.76. The van der Waals surface area contributed by atoms with Gasteiger partial charge in [-0.25, -0.2) is 0 Å². The van der Waals surface area contributed by atoms with Gasteiger partial charge in [0.2, 0.25) is 0 Å². The minimum atomic E-state index is -0.559. The fraction of sp³-hybridized carbons (Fsp3) is 0.312. The minimum absolute atomic E-state index is 0.0579. The molecular formula is C16H19NO4. The summed E-state index contributed by atoms with van der Waals surface area (Å²) in [5.74, 6) is 1.15. The average molecular weight is 289 g/mol. The lowest BCUT2D eigenvalue weighted by Crippen LogP contribution is -2.21. The number of methoxy groups -OCH3 is 1. The molecule has 112 valence electrons. The second-order valence-corrected chi connectivity index (χ2v) is 4.67. The van der Waals surface area contributed by atoms with Gasteiger partial charge < -0.3 is 19.1 Å². The number of pyridine rings is 1. The van der Waals surface area contributed by atoms with Crippen LogP contribution < -0.4 is 15.0 Å². The summed E-state index contributed by atoms with van der Waals surface area (Å²) >= 11 is 0. The van der Waals surface area contributed by atoms with E-state index in [4.69, 9.17) is 9.47 Å². The summed E-state index contributed by atoms with van der Waals surface area (Å²) in [6, 6.07) is 10.3. The van der Waals surface area contributed by atoms with Crippen molar-refractivity contribution in [2.24, 2.45) is 0 Å². The summed E-state index contributed by atoms with van der Waals surface area (Å²) in [5.41, 5.74) is 0.705. The molecule has 5 heteroatoms. The summed E-state index contributed by atoms with van der Waals surface area (Å²) in [7, 11) is 1.55. The fourth-order valence-electron chi connectivity index (χ4n) is 1.96. The lowest BCUT2D eigenvalue weighted by molar-refractivity contribution is 0.198. The van der Waals surface area contributed by atoms with E-state index in [2.05, 4.69) is 0 Å². The minimum Gasteiger partial charge on any atom is -0.493 e. The molecule has 0 spiro atoms. The third-order valence-corrected chi connectivity index (χ3v) is 3.16. The number of nitrogens with zero attached hydrogens (tertiary/aromatic N) is 1. The largest absolute Gasteiger partial charge is 0.493 e. The van der Waals surface area contributed by atoms with Crippen molar-refractivity contribution >= 4 is 0 Å². The van der Waals surface area contributed by atoms with Gasteiger partial charge in [0.05, 0.1) is 19.8 Å². The van der Waals surface area contributed by atoms with Crippen LogP contribution in [0.5, 0.6) is 11.5 Å². The van der Waals surface area contributed by atoms with E-state index in [-0.39, 0.29) is 5.56 Å². The summed E-state index contributed by atoms with van der Waals surface area (Å²) in [4.78, 5) is 11.6. The van der Waals surface area contributed by atoms with Gasteiger partial charge in [-0.15, -0.1) is 0 Å². The summed E-state index contributed by atoms with van der Waals surface area (Å²) in [6.07, 6.45) is 1.16. The summed E-state index contributed by atoms with van der Waals surface area (Å²) in [6.45, 7) is 2.51. The zero-order chi connectivity index (χ0) is 15.2. The van der Waals surface area contributed by atoms with Gasteiger partial charge in [0.1, 0.15) is 6.61 Å². The molecule has 1 aromatic heterocycles. The number of hydrogen-bond acceptors (Lipinski definition) is 4. The van der Waals surface area contributed by atoms with Gasteiger partial charge in [-0.05, 0) is 30.7 Å². The van der Waals surface area contributed by atoms with Crippen LogP contribution in [0.25, 0.3) is 0 Å². The highest BCUT2D eigenvalue weighted by atomic mass is 16.5. The van der Waals surface area contributed by atoms with E-state index in [1.807, 2.05) is 0 Å². The van der Waals surface area contributed by atoms with Gasteiger partial charge in [0.15, 0.2) is 11.5 Å². The van der Waals surface area contributed by atoms with Crippen molar-refractivity contribution in [3.63, 3.8) is 0 Å². The van der Waals surface area contributed by atoms with Gasteiger partial charge in [-0.2, -0.15) is 0 Å². The smallest absolute Gasteiger partial charge is 0.250 e. The van der Waals surface area contributed by atoms with Crippen LogP contribution in [-0.4, -0.2) is 23.4 Å². The molecule has 2 rings (SSSR count). The first-order chi connectivity index (χ1) is 10.1. The summed E-state index contributed by atoms with van der Waals surface area (Å²) < 4.78 is 12.5. The maximum atomic E-state index is 11.6. The second-order valence-electron chi connectivity index (χ2n) is 4.67. The van der Waals surface area contributed by atoms with Crippen LogP contribution in [0.3, 0.4) is 0 Å². The molecule has 1 heterocycles. The van der Waals surface area contributed by atoms with E-state index >= 15 is 0 Å². The summed E-state index contributed by atoms with van der Waals surface area (Å²) in [5, 5.41) is 9.56. The van der Waals surface area contributed by atoms with Crippen molar-refractivity contribution in [1.29, 1.82) is 0 Å². The molecule has 0 saturated carbocycles. The molecule has 1 aromatic carbocycles. The molecule has 1 atom stereocenters. The molecule has 0 aliphatic carbocycles. The Morgan fingerprint density at radius 1 is 1.24 bits per heavy atom. The van der Waals surface area contributed by atoms with Crippen molar-refractivity contribution in [3.05, 3.63) is 58.5 Å². The van der Waals surface area contributed by atoms with Crippen LogP contribution in [0, 0.1) is 0 Å². The maximum Gasteiger partial charge on any atom is 0.250 e. The van der Waals surface area contributed by atoms with Crippen molar-refractivity contribution in [2.75, 3.05) is 13.7 Å². The lowest BCUT2D eigenvalue weighted by Gasteiger charge is -2.13. The number of aliphatic hydroxyl groups excluding tert-OH is 1. The quantitative estimate of drug-likeness (QED) is 0.883. The zero-order valence-electron chi connectivity index (χ0n) is 12.2. The number of aromatic nitrogens is 1. The highest BCUT2D eigenvalue weighted by Crippen LogP contribution is 2.30. The molecule has 0 radical (unpaired) electrons. The molecular weight excluding hydrogens is 270 g/mol. The third-order valence-electron chi connectivity index (χ3n) is 3.16. The SMILES string of the molecule is COc1cc(C(C)O)ccc1OCCn1ccccc1=O. The number of hydrogen-bond donors (Lipinski definition) is 1. The molecule has 0 amide bonds. The number of aliphatic hydroxyl groups is 1. The van der Waals surface area contributed by atoms with E-state index < -0.39 is 6.10 Å². The second kappa shape index (κ2) is 6.95. The standard InChI is InChI=1S/C16H19NO4/c1-12(18)13-6-7-14(15(11-13)20-2)21-10-9-17-8-4-3-5-16(17)19/h3-8,11-12,18H,9-10H2,1-2H3.